The molecule has 1 N–H and O–H groups in total. The number of piperidine rings is 1. The highest BCUT2D eigenvalue weighted by atomic mass is 35.5. The average Bonchev–Trinajstić information content (AvgIpc) is 2.50. The van der Waals surface area contributed by atoms with Gasteiger partial charge in [-0.25, -0.2) is 0 Å². The predicted molar refractivity (Wildman–Crippen MR) is 92.8 cm³/mol. The molecular weight excluding hydrogens is 319 g/mol. The zero-order chi connectivity index (χ0) is 16.2. The van der Waals surface area contributed by atoms with E-state index < -0.39 is 0 Å². The Morgan fingerprint density at radius 3 is 2.73 bits per heavy atom. The highest BCUT2D eigenvalue weighted by Gasteiger charge is 2.33. The van der Waals surface area contributed by atoms with Gasteiger partial charge in [-0.1, -0.05) is 29.3 Å². The highest BCUT2D eigenvalue weighted by Crippen LogP contribution is 2.38. The van der Waals surface area contributed by atoms with E-state index in [4.69, 9.17) is 23.2 Å². The topological polar surface area (TPSA) is 32.3 Å². The maximum absolute atomic E-state index is 11.3. The van der Waals surface area contributed by atoms with Gasteiger partial charge in [-0.05, 0) is 49.9 Å². The van der Waals surface area contributed by atoms with Crippen LogP contribution in [0.4, 0.5) is 0 Å². The fourth-order valence-electron chi connectivity index (χ4n) is 3.21. The Balaban J connectivity index is 2.13. The largest absolute Gasteiger partial charge is 0.346 e. The van der Waals surface area contributed by atoms with Crippen LogP contribution in [-0.2, 0) is 10.2 Å². The monoisotopic (exact) mass is 342 g/mol. The van der Waals surface area contributed by atoms with Gasteiger partial charge in [0.1, 0.15) is 0 Å². The third-order valence-electron chi connectivity index (χ3n) is 4.69. The van der Waals surface area contributed by atoms with Gasteiger partial charge in [-0.2, -0.15) is 0 Å². The number of carbonyl (C=O) groups is 1. The quantitative estimate of drug-likeness (QED) is 0.880. The summed E-state index contributed by atoms with van der Waals surface area (Å²) in [5.74, 6) is 0.116. The zero-order valence-corrected chi connectivity index (χ0v) is 14.8. The van der Waals surface area contributed by atoms with E-state index in [2.05, 4.69) is 11.4 Å². The molecule has 1 amide bonds. The summed E-state index contributed by atoms with van der Waals surface area (Å²) < 4.78 is 0. The summed E-state index contributed by atoms with van der Waals surface area (Å²) in [6.07, 6.45) is 4.32. The van der Waals surface area contributed by atoms with Crippen LogP contribution in [0.25, 0.3) is 0 Å². The molecule has 0 aromatic heterocycles. The van der Waals surface area contributed by atoms with Gasteiger partial charge in [-0.3, -0.25) is 4.79 Å². The summed E-state index contributed by atoms with van der Waals surface area (Å²) in [6, 6.07) is 5.98. The van der Waals surface area contributed by atoms with Gasteiger partial charge in [0.25, 0.3) is 0 Å². The average molecular weight is 343 g/mol. The van der Waals surface area contributed by atoms with E-state index in [-0.39, 0.29) is 11.3 Å². The van der Waals surface area contributed by atoms with E-state index >= 15 is 0 Å². The van der Waals surface area contributed by atoms with Crippen molar-refractivity contribution in [2.45, 2.75) is 38.0 Å². The molecular formula is C17H24Cl2N2O. The van der Waals surface area contributed by atoms with E-state index in [1.807, 2.05) is 19.2 Å². The van der Waals surface area contributed by atoms with Crippen LogP contribution >= 0.6 is 23.2 Å². The van der Waals surface area contributed by atoms with E-state index in [1.54, 1.807) is 11.8 Å². The molecule has 1 fully saturated rings. The molecule has 0 spiro atoms. The van der Waals surface area contributed by atoms with Crippen molar-refractivity contribution in [3.8, 4) is 0 Å². The molecule has 122 valence electrons. The van der Waals surface area contributed by atoms with Gasteiger partial charge in [0.2, 0.25) is 5.91 Å². The molecule has 0 bridgehead atoms. The van der Waals surface area contributed by atoms with Crippen LogP contribution < -0.4 is 5.32 Å². The molecule has 1 aliphatic rings. The molecule has 22 heavy (non-hydrogen) atoms. The molecule has 1 aromatic carbocycles. The minimum atomic E-state index is 0.0874. The van der Waals surface area contributed by atoms with Crippen molar-refractivity contribution in [3.63, 3.8) is 0 Å². The molecule has 2 rings (SSSR count). The third kappa shape index (κ3) is 4.15. The molecule has 1 aromatic rings. The van der Waals surface area contributed by atoms with Crippen LogP contribution in [0.2, 0.25) is 10.0 Å². The molecule has 0 radical (unpaired) electrons. The lowest BCUT2D eigenvalue weighted by Crippen LogP contribution is -2.44. The first-order valence-corrected chi connectivity index (χ1v) is 8.58. The van der Waals surface area contributed by atoms with E-state index in [1.165, 1.54) is 5.56 Å². The fraction of sp³-hybridized carbons (Fsp3) is 0.588. The number of amides is 1. The maximum Gasteiger partial charge on any atom is 0.219 e. The Morgan fingerprint density at radius 1 is 1.36 bits per heavy atom. The van der Waals surface area contributed by atoms with Crippen molar-refractivity contribution in [2.75, 3.05) is 26.7 Å². The second kappa shape index (κ2) is 7.67. The maximum atomic E-state index is 11.3. The normalized spacial score (nSPS) is 21.6. The first kappa shape index (κ1) is 17.6. The second-order valence-electron chi connectivity index (χ2n) is 6.23. The number of rotatable bonds is 5. The Kier molecular flexibility index (Phi) is 6.13. The lowest BCUT2D eigenvalue weighted by molar-refractivity contribution is -0.127. The summed E-state index contributed by atoms with van der Waals surface area (Å²) in [5.41, 5.74) is 1.34. The lowest BCUT2D eigenvalue weighted by Gasteiger charge is -2.39. The van der Waals surface area contributed by atoms with Crippen LogP contribution in [-0.4, -0.2) is 37.5 Å². The van der Waals surface area contributed by atoms with Crippen molar-refractivity contribution in [1.29, 1.82) is 0 Å². The number of hydrogen-bond acceptors (Lipinski definition) is 2. The van der Waals surface area contributed by atoms with E-state index in [0.717, 1.165) is 45.3 Å². The lowest BCUT2D eigenvalue weighted by atomic mass is 9.71. The molecule has 0 saturated carbocycles. The molecule has 0 aliphatic carbocycles. The Labute approximate surface area is 143 Å². The predicted octanol–water partition coefficient (Wildman–Crippen LogP) is 3.87. The fourth-order valence-corrected chi connectivity index (χ4v) is 3.51. The molecule has 5 heteroatoms. The summed E-state index contributed by atoms with van der Waals surface area (Å²) in [4.78, 5) is 13.1. The second-order valence-corrected chi connectivity index (χ2v) is 7.05. The van der Waals surface area contributed by atoms with Crippen molar-refractivity contribution < 1.29 is 4.79 Å². The number of nitrogens with one attached hydrogen (secondary N) is 1. The summed E-state index contributed by atoms with van der Waals surface area (Å²) in [7, 11) is 1.85. The van der Waals surface area contributed by atoms with E-state index in [0.29, 0.717) is 10.0 Å². The van der Waals surface area contributed by atoms with E-state index in [9.17, 15) is 4.79 Å². The first-order chi connectivity index (χ1) is 10.4. The number of hydrogen-bond donors (Lipinski definition) is 1. The van der Waals surface area contributed by atoms with Crippen LogP contribution in [0.3, 0.4) is 0 Å². The number of halogens is 2. The van der Waals surface area contributed by atoms with Gasteiger partial charge >= 0.3 is 0 Å². The summed E-state index contributed by atoms with van der Waals surface area (Å²) >= 11 is 12.3. The standard InChI is InChI=1S/C17H24Cl2N2O/c1-13(22)21(2)10-4-8-17(7-3-9-20-12-17)14-5-6-15(18)16(19)11-14/h5-6,11,20H,3-4,7-10,12H2,1-2H3. The van der Waals surface area contributed by atoms with Crippen molar-refractivity contribution in [2.24, 2.45) is 0 Å². The van der Waals surface area contributed by atoms with Crippen LogP contribution in [0.15, 0.2) is 18.2 Å². The molecule has 3 nitrogen and oxygen atoms in total. The number of nitrogens with zero attached hydrogens (tertiary/aromatic N) is 1. The molecule has 1 aliphatic heterocycles. The van der Waals surface area contributed by atoms with Crippen molar-refractivity contribution in [3.05, 3.63) is 33.8 Å². The SMILES string of the molecule is CC(=O)N(C)CCCC1(c2ccc(Cl)c(Cl)c2)CCCNC1. The van der Waals surface area contributed by atoms with Crippen LogP contribution in [0.5, 0.6) is 0 Å². The Morgan fingerprint density at radius 2 is 2.14 bits per heavy atom. The van der Waals surface area contributed by atoms with Crippen molar-refractivity contribution in [1.82, 2.24) is 10.2 Å². The van der Waals surface area contributed by atoms with Gasteiger partial charge in [-0.15, -0.1) is 0 Å². The number of carbonyl (C=O) groups excluding carboxylic acids is 1. The smallest absolute Gasteiger partial charge is 0.219 e. The minimum Gasteiger partial charge on any atom is -0.346 e. The Hall–Kier alpha value is -0.770. The van der Waals surface area contributed by atoms with Crippen LogP contribution in [0, 0.1) is 0 Å². The number of benzene rings is 1. The van der Waals surface area contributed by atoms with Gasteiger partial charge < -0.3 is 10.2 Å². The molecule has 1 unspecified atom stereocenters. The summed E-state index contributed by atoms with van der Waals surface area (Å²) in [5, 5.41) is 4.73. The van der Waals surface area contributed by atoms with Gasteiger partial charge in [0, 0.05) is 32.5 Å². The van der Waals surface area contributed by atoms with Gasteiger partial charge in [0.15, 0.2) is 0 Å². The molecule has 1 atom stereocenters. The third-order valence-corrected chi connectivity index (χ3v) is 5.43. The van der Waals surface area contributed by atoms with Gasteiger partial charge in [0.05, 0.1) is 10.0 Å². The molecule has 1 heterocycles. The zero-order valence-electron chi connectivity index (χ0n) is 13.3. The molecule has 1 saturated heterocycles. The Bertz CT molecular complexity index is 527. The first-order valence-electron chi connectivity index (χ1n) is 7.82. The van der Waals surface area contributed by atoms with Crippen molar-refractivity contribution >= 4 is 29.1 Å². The minimum absolute atomic E-state index is 0.0874. The highest BCUT2D eigenvalue weighted by molar-refractivity contribution is 6.42. The summed E-state index contributed by atoms with van der Waals surface area (Å²) in [6.45, 7) is 4.42. The van der Waals surface area contributed by atoms with Crippen LogP contribution in [0.1, 0.15) is 38.2 Å².